The smallest absolute Gasteiger partial charge is 0.123 e. The molecule has 0 spiro atoms. The number of aliphatic hydroxyl groups is 3. The lowest BCUT2D eigenvalue weighted by atomic mass is 10.1. The lowest BCUT2D eigenvalue weighted by Gasteiger charge is -2.14. The van der Waals surface area contributed by atoms with E-state index in [1.54, 1.807) is 4.57 Å². The fourth-order valence-electron chi connectivity index (χ4n) is 1.57. The summed E-state index contributed by atoms with van der Waals surface area (Å²) in [7, 11) is 0. The van der Waals surface area contributed by atoms with Crippen molar-refractivity contribution < 1.29 is 15.3 Å². The van der Waals surface area contributed by atoms with Gasteiger partial charge in [0.15, 0.2) is 0 Å². The van der Waals surface area contributed by atoms with Gasteiger partial charge >= 0.3 is 0 Å². The first-order valence-corrected chi connectivity index (χ1v) is 3.74. The van der Waals surface area contributed by atoms with Crippen molar-refractivity contribution in [3.05, 3.63) is 18.2 Å². The highest BCUT2D eigenvalue weighted by molar-refractivity contribution is 5.13. The van der Waals surface area contributed by atoms with E-state index in [0.717, 1.165) is 0 Å². The van der Waals surface area contributed by atoms with Crippen molar-refractivity contribution >= 4 is 0 Å². The van der Waals surface area contributed by atoms with Crippen LogP contribution in [0.25, 0.3) is 0 Å². The Labute approximate surface area is 68.9 Å². The summed E-state index contributed by atoms with van der Waals surface area (Å²) in [5, 5.41) is 27.7. The van der Waals surface area contributed by atoms with Crippen LogP contribution in [-0.2, 0) is 0 Å². The van der Waals surface area contributed by atoms with Gasteiger partial charge in [0.1, 0.15) is 12.2 Å². The van der Waals surface area contributed by atoms with Gasteiger partial charge in [0, 0.05) is 0 Å². The second kappa shape index (κ2) is 2.55. The molecule has 0 radical (unpaired) electrons. The van der Waals surface area contributed by atoms with Gasteiger partial charge in [-0.3, -0.25) is 0 Å². The predicted octanol–water partition coefficient (Wildman–Crippen LogP) is -1.18. The minimum Gasteiger partial charge on any atom is -0.394 e. The minimum absolute atomic E-state index is 0.193. The van der Waals surface area contributed by atoms with Gasteiger partial charge in [0.05, 0.1) is 30.9 Å². The SMILES string of the molecule is OC[C@@H]1[C@H](O)[C@@H](O)c2cncn21. The molecule has 5 heteroatoms. The summed E-state index contributed by atoms with van der Waals surface area (Å²) in [6.07, 6.45) is 1.14. The average molecular weight is 170 g/mol. The molecule has 0 aromatic carbocycles. The van der Waals surface area contributed by atoms with E-state index in [9.17, 15) is 10.2 Å². The summed E-state index contributed by atoms with van der Waals surface area (Å²) in [5.74, 6) is 0. The summed E-state index contributed by atoms with van der Waals surface area (Å²) in [5.41, 5.74) is 0.557. The van der Waals surface area contributed by atoms with Crippen LogP contribution in [0.15, 0.2) is 12.5 Å². The number of aliphatic hydroxyl groups excluding tert-OH is 3. The molecule has 0 saturated carbocycles. The highest BCUT2D eigenvalue weighted by atomic mass is 16.3. The Morgan fingerprint density at radius 2 is 2.25 bits per heavy atom. The molecule has 66 valence electrons. The number of hydrogen-bond donors (Lipinski definition) is 3. The minimum atomic E-state index is -0.926. The van der Waals surface area contributed by atoms with Crippen molar-refractivity contribution in [2.75, 3.05) is 6.61 Å². The average Bonchev–Trinajstić information content (AvgIpc) is 2.59. The lowest BCUT2D eigenvalue weighted by Crippen LogP contribution is -2.23. The fourth-order valence-corrected chi connectivity index (χ4v) is 1.57. The van der Waals surface area contributed by atoms with E-state index in [0.29, 0.717) is 5.69 Å². The molecule has 0 amide bonds. The molecule has 0 bridgehead atoms. The molecule has 1 aliphatic rings. The Morgan fingerprint density at radius 3 is 2.92 bits per heavy atom. The molecule has 2 heterocycles. The Kier molecular flexibility index (Phi) is 1.64. The second-order valence-electron chi connectivity index (χ2n) is 2.91. The van der Waals surface area contributed by atoms with Crippen LogP contribution in [0.4, 0.5) is 0 Å². The van der Waals surface area contributed by atoms with Crippen molar-refractivity contribution in [3.63, 3.8) is 0 Å². The molecule has 2 rings (SSSR count). The first-order chi connectivity index (χ1) is 5.75. The van der Waals surface area contributed by atoms with Gasteiger partial charge in [0.2, 0.25) is 0 Å². The van der Waals surface area contributed by atoms with Gasteiger partial charge in [-0.25, -0.2) is 4.98 Å². The van der Waals surface area contributed by atoms with Gasteiger partial charge in [-0.2, -0.15) is 0 Å². The number of fused-ring (bicyclic) bond motifs is 1. The van der Waals surface area contributed by atoms with Gasteiger partial charge in [-0.1, -0.05) is 0 Å². The second-order valence-corrected chi connectivity index (χ2v) is 2.91. The third-order valence-electron chi connectivity index (χ3n) is 2.26. The zero-order valence-electron chi connectivity index (χ0n) is 6.33. The third kappa shape index (κ3) is 0.811. The number of aromatic nitrogens is 2. The molecule has 5 nitrogen and oxygen atoms in total. The summed E-state index contributed by atoms with van der Waals surface area (Å²) in [6, 6.07) is -0.461. The Balaban J connectivity index is 2.42. The molecule has 0 aliphatic carbocycles. The summed E-state index contributed by atoms with van der Waals surface area (Å²) >= 11 is 0. The number of imidazole rings is 1. The van der Waals surface area contributed by atoms with E-state index in [1.807, 2.05) is 0 Å². The van der Waals surface area contributed by atoms with Crippen LogP contribution >= 0.6 is 0 Å². The van der Waals surface area contributed by atoms with E-state index < -0.39 is 18.2 Å². The molecule has 0 fully saturated rings. The summed E-state index contributed by atoms with van der Waals surface area (Å²) in [6.45, 7) is -0.193. The number of rotatable bonds is 1. The molecule has 1 aromatic rings. The van der Waals surface area contributed by atoms with Gasteiger partial charge in [-0.05, 0) is 0 Å². The molecule has 3 N–H and O–H groups in total. The standard InChI is InChI=1S/C7H10N2O3/c10-2-5-7(12)6(11)4-1-8-3-9(4)5/h1,3,5-7,10-12H,2H2/t5-,6+,7+/m1/s1. The molecule has 0 saturated heterocycles. The van der Waals surface area contributed by atoms with Crippen LogP contribution in [0.5, 0.6) is 0 Å². The van der Waals surface area contributed by atoms with E-state index in [-0.39, 0.29) is 6.61 Å². The van der Waals surface area contributed by atoms with E-state index >= 15 is 0 Å². The summed E-state index contributed by atoms with van der Waals surface area (Å²) in [4.78, 5) is 3.81. The van der Waals surface area contributed by atoms with Crippen LogP contribution < -0.4 is 0 Å². The van der Waals surface area contributed by atoms with Crippen molar-refractivity contribution in [2.45, 2.75) is 18.2 Å². The molecule has 0 unspecified atom stereocenters. The molecular formula is C7H10N2O3. The maximum Gasteiger partial charge on any atom is 0.123 e. The normalized spacial score (nSPS) is 33.8. The highest BCUT2D eigenvalue weighted by Crippen LogP contribution is 2.33. The molecule has 1 aliphatic heterocycles. The maximum absolute atomic E-state index is 9.42. The van der Waals surface area contributed by atoms with Crippen molar-refractivity contribution in [3.8, 4) is 0 Å². The first kappa shape index (κ1) is 7.72. The van der Waals surface area contributed by atoms with Crippen molar-refractivity contribution in [1.29, 1.82) is 0 Å². The van der Waals surface area contributed by atoms with E-state index in [2.05, 4.69) is 4.98 Å². The summed E-state index contributed by atoms with van der Waals surface area (Å²) < 4.78 is 1.59. The van der Waals surface area contributed by atoms with Crippen molar-refractivity contribution in [1.82, 2.24) is 9.55 Å². The first-order valence-electron chi connectivity index (χ1n) is 3.74. The maximum atomic E-state index is 9.42. The Morgan fingerprint density at radius 1 is 1.50 bits per heavy atom. The van der Waals surface area contributed by atoms with Gasteiger partial charge < -0.3 is 19.9 Å². The van der Waals surface area contributed by atoms with Crippen molar-refractivity contribution in [2.24, 2.45) is 0 Å². The Hall–Kier alpha value is -0.910. The number of nitrogens with zero attached hydrogens (tertiary/aromatic N) is 2. The van der Waals surface area contributed by atoms with Crippen LogP contribution in [0.2, 0.25) is 0 Å². The largest absolute Gasteiger partial charge is 0.394 e. The molecule has 3 atom stereocenters. The topological polar surface area (TPSA) is 78.5 Å². The van der Waals surface area contributed by atoms with Gasteiger partial charge in [0.25, 0.3) is 0 Å². The lowest BCUT2D eigenvalue weighted by molar-refractivity contribution is -0.00109. The quantitative estimate of drug-likeness (QED) is 0.496. The zero-order valence-corrected chi connectivity index (χ0v) is 6.33. The van der Waals surface area contributed by atoms with Crippen LogP contribution in [0.1, 0.15) is 17.8 Å². The molecule has 1 aromatic heterocycles. The third-order valence-corrected chi connectivity index (χ3v) is 2.26. The zero-order chi connectivity index (χ0) is 8.72. The monoisotopic (exact) mass is 170 g/mol. The highest BCUT2D eigenvalue weighted by Gasteiger charge is 2.38. The van der Waals surface area contributed by atoms with E-state index in [1.165, 1.54) is 12.5 Å². The molecule has 12 heavy (non-hydrogen) atoms. The van der Waals surface area contributed by atoms with Crippen LogP contribution in [0, 0.1) is 0 Å². The van der Waals surface area contributed by atoms with Crippen LogP contribution in [0.3, 0.4) is 0 Å². The molecular weight excluding hydrogens is 160 g/mol. The fraction of sp³-hybridized carbons (Fsp3) is 0.571. The Bertz CT molecular complexity index is 286. The van der Waals surface area contributed by atoms with Gasteiger partial charge in [-0.15, -0.1) is 0 Å². The van der Waals surface area contributed by atoms with Crippen LogP contribution in [-0.4, -0.2) is 37.6 Å². The van der Waals surface area contributed by atoms with E-state index in [4.69, 9.17) is 5.11 Å². The predicted molar refractivity (Wildman–Crippen MR) is 39.3 cm³/mol. The number of hydrogen-bond acceptors (Lipinski definition) is 4.